The molecule has 2 aromatic heterocycles. The van der Waals surface area contributed by atoms with Crippen molar-refractivity contribution in [1.82, 2.24) is 14.7 Å². The average Bonchev–Trinajstić information content (AvgIpc) is 3.78. The first-order chi connectivity index (χ1) is 24.7. The van der Waals surface area contributed by atoms with Gasteiger partial charge in [0.2, 0.25) is 23.6 Å². The van der Waals surface area contributed by atoms with Crippen LogP contribution in [0, 0.1) is 36.0 Å². The number of likely N-dealkylation sites (tertiary alicyclic amines) is 1. The zero-order valence-electron chi connectivity index (χ0n) is 29.0. The molecular formula is C38H35Br2ClN4O6S. The Bertz CT molecular complexity index is 2300. The number of phenols is 1. The Labute approximate surface area is 326 Å². The summed E-state index contributed by atoms with van der Waals surface area (Å²) in [4.78, 5) is 61.2. The Morgan fingerprint density at radius 2 is 1.83 bits per heavy atom. The molecule has 2 aromatic carbocycles. The summed E-state index contributed by atoms with van der Waals surface area (Å²) in [5.41, 5.74) is 1.79. The SMILES string of the molecule is CCCN1C(=O)[C@H]2[C@H](CC=C3[C@H]2C[C@H]2C(=O)N(c4cc(-c5sc6ccc(Cl)cc6c5C)nn4C)C(=O)[C@@]2(C)[C@H]3c2cc(OC)c(O)c(Br)c2Br)C1=O. The monoisotopic (exact) mass is 868 g/mol. The molecule has 4 amide bonds. The van der Waals surface area contributed by atoms with Crippen LogP contribution in [0.4, 0.5) is 5.82 Å². The Morgan fingerprint density at radius 3 is 2.54 bits per heavy atom. The molecule has 0 bridgehead atoms. The highest BCUT2D eigenvalue weighted by Gasteiger charge is 2.68. The summed E-state index contributed by atoms with van der Waals surface area (Å²) in [6, 6.07) is 9.22. The van der Waals surface area contributed by atoms with Crippen LogP contribution >= 0.6 is 54.8 Å². The molecule has 4 aliphatic rings. The van der Waals surface area contributed by atoms with Gasteiger partial charge in [-0.3, -0.25) is 28.8 Å². The molecule has 6 atom stereocenters. The van der Waals surface area contributed by atoms with Crippen molar-refractivity contribution >= 4 is 94.3 Å². The molecule has 270 valence electrons. The maximum absolute atomic E-state index is 15.2. The predicted molar refractivity (Wildman–Crippen MR) is 205 cm³/mol. The number of methoxy groups -OCH3 is 1. The molecule has 52 heavy (non-hydrogen) atoms. The number of aromatic nitrogens is 2. The van der Waals surface area contributed by atoms with Gasteiger partial charge in [0.1, 0.15) is 11.5 Å². The van der Waals surface area contributed by atoms with E-state index in [1.54, 1.807) is 35.2 Å². The fourth-order valence-electron chi connectivity index (χ4n) is 9.28. The molecule has 0 unspecified atom stereocenters. The van der Waals surface area contributed by atoms with Crippen LogP contribution in [0.3, 0.4) is 0 Å². The molecule has 1 N–H and O–H groups in total. The van der Waals surface area contributed by atoms with Gasteiger partial charge in [-0.15, -0.1) is 11.3 Å². The second-order valence-corrected chi connectivity index (χ2v) is 17.4. The maximum atomic E-state index is 15.2. The fourth-order valence-corrected chi connectivity index (χ4v) is 11.6. The molecule has 3 fully saturated rings. The molecule has 2 saturated heterocycles. The smallest absolute Gasteiger partial charge is 0.242 e. The molecule has 4 heterocycles. The van der Waals surface area contributed by atoms with E-state index in [4.69, 9.17) is 21.4 Å². The van der Waals surface area contributed by atoms with E-state index in [1.807, 2.05) is 45.0 Å². The van der Waals surface area contributed by atoms with Crippen LogP contribution in [0.15, 0.2) is 50.9 Å². The van der Waals surface area contributed by atoms with Gasteiger partial charge in [0.15, 0.2) is 11.5 Å². The summed E-state index contributed by atoms with van der Waals surface area (Å²) in [7, 11) is 3.17. The maximum Gasteiger partial charge on any atom is 0.242 e. The van der Waals surface area contributed by atoms with Crippen LogP contribution in [0.2, 0.25) is 5.02 Å². The highest BCUT2D eigenvalue weighted by Crippen LogP contribution is 2.65. The van der Waals surface area contributed by atoms with Crippen molar-refractivity contribution in [2.45, 2.75) is 46.0 Å². The third-order valence-electron chi connectivity index (χ3n) is 11.7. The number of hydrogen-bond acceptors (Lipinski definition) is 8. The number of thiophene rings is 1. The van der Waals surface area contributed by atoms with E-state index in [9.17, 15) is 19.5 Å². The lowest BCUT2D eigenvalue weighted by Gasteiger charge is -2.49. The minimum absolute atomic E-state index is 0.117. The van der Waals surface area contributed by atoms with Crippen molar-refractivity contribution in [3.63, 3.8) is 0 Å². The topological polar surface area (TPSA) is 122 Å². The number of rotatable bonds is 6. The standard InChI is InChI=1S/C38H35Br2ClN4O6S/c1-6-11-44-34(47)19-9-8-18-21(28(19)36(44)49)13-23-35(48)45(37(50)38(23,3)29(18)22-14-25(51-5)32(46)31(40)30(22)39)27-15-24(42-43(27)4)33-16(2)20-12-17(41)7-10-26(20)52-33/h7-8,10,12,14-15,19,21,23,28-29,46H,6,9,11,13H2,1-5H3/t19-,21+,23-,28-,29+,38+/m0/s1. The molecule has 0 spiro atoms. The van der Waals surface area contributed by atoms with Gasteiger partial charge in [0, 0.05) is 39.8 Å². The predicted octanol–water partition coefficient (Wildman–Crippen LogP) is 8.14. The zero-order valence-corrected chi connectivity index (χ0v) is 33.7. The molecule has 14 heteroatoms. The largest absolute Gasteiger partial charge is 0.503 e. The number of ether oxygens (including phenoxy) is 1. The Balaban J connectivity index is 1.28. The molecule has 1 saturated carbocycles. The highest BCUT2D eigenvalue weighted by atomic mass is 79.9. The van der Waals surface area contributed by atoms with Gasteiger partial charge in [-0.1, -0.05) is 30.2 Å². The Hall–Kier alpha value is -3.52. The van der Waals surface area contributed by atoms with Crippen LogP contribution in [0.1, 0.15) is 50.2 Å². The molecular weight excluding hydrogens is 836 g/mol. The highest BCUT2D eigenvalue weighted by molar-refractivity contribution is 9.13. The van der Waals surface area contributed by atoms with Crippen LogP contribution in [-0.2, 0) is 26.2 Å². The molecule has 0 radical (unpaired) electrons. The summed E-state index contributed by atoms with van der Waals surface area (Å²) in [6.45, 7) is 6.10. The van der Waals surface area contributed by atoms with E-state index in [-0.39, 0.29) is 41.5 Å². The number of nitrogens with zero attached hydrogens (tertiary/aromatic N) is 4. The number of halogens is 3. The molecule has 4 aromatic rings. The van der Waals surface area contributed by atoms with Crippen molar-refractivity contribution in [2.24, 2.45) is 36.1 Å². The van der Waals surface area contributed by atoms with Crippen LogP contribution in [0.5, 0.6) is 11.5 Å². The fraction of sp³-hybridized carbons (Fsp3) is 0.395. The van der Waals surface area contributed by atoms with Crippen LogP contribution in [0.25, 0.3) is 20.7 Å². The Morgan fingerprint density at radius 1 is 1.08 bits per heavy atom. The van der Waals surface area contributed by atoms with Gasteiger partial charge < -0.3 is 9.84 Å². The molecule has 10 nitrogen and oxygen atoms in total. The number of phenolic OH excluding ortho intramolecular Hbond substituents is 1. The normalized spacial score (nSPS) is 27.0. The minimum atomic E-state index is -1.31. The number of anilines is 1. The van der Waals surface area contributed by atoms with E-state index in [2.05, 4.69) is 31.9 Å². The number of aryl methyl sites for hydroxylation is 2. The summed E-state index contributed by atoms with van der Waals surface area (Å²) in [5, 5.41) is 17.3. The number of benzene rings is 2. The van der Waals surface area contributed by atoms with Gasteiger partial charge in [-0.2, -0.15) is 5.10 Å². The number of aromatic hydroxyl groups is 1. The first-order valence-electron chi connectivity index (χ1n) is 17.2. The number of allylic oxidation sites excluding steroid dienone is 2. The van der Waals surface area contributed by atoms with E-state index in [0.29, 0.717) is 50.4 Å². The quantitative estimate of drug-likeness (QED) is 0.153. The lowest BCUT2D eigenvalue weighted by atomic mass is 9.51. The van der Waals surface area contributed by atoms with Gasteiger partial charge >= 0.3 is 0 Å². The summed E-state index contributed by atoms with van der Waals surface area (Å²) < 4.78 is 9.02. The van der Waals surface area contributed by atoms with Gasteiger partial charge in [-0.05, 0) is 112 Å². The zero-order chi connectivity index (χ0) is 37.1. The summed E-state index contributed by atoms with van der Waals surface area (Å²) in [5.74, 6) is -3.91. The third-order valence-corrected chi connectivity index (χ3v) is 15.4. The van der Waals surface area contributed by atoms with Gasteiger partial charge in [0.25, 0.3) is 0 Å². The average molecular weight is 871 g/mol. The second kappa shape index (κ2) is 12.5. The van der Waals surface area contributed by atoms with Crippen molar-refractivity contribution in [3.8, 4) is 22.1 Å². The second-order valence-electron chi connectivity index (χ2n) is 14.3. The van der Waals surface area contributed by atoms with Gasteiger partial charge in [-0.25, -0.2) is 4.90 Å². The van der Waals surface area contributed by atoms with Crippen molar-refractivity contribution in [3.05, 3.63) is 67.1 Å². The van der Waals surface area contributed by atoms with Crippen LogP contribution in [-0.4, -0.2) is 57.1 Å². The Kier molecular flexibility index (Phi) is 8.56. The van der Waals surface area contributed by atoms with Crippen molar-refractivity contribution in [2.75, 3.05) is 18.6 Å². The van der Waals surface area contributed by atoms with E-state index >= 15 is 4.79 Å². The first kappa shape index (κ1) is 35.5. The molecule has 2 aliphatic carbocycles. The van der Waals surface area contributed by atoms with Crippen molar-refractivity contribution in [1.29, 1.82) is 0 Å². The first-order valence-corrected chi connectivity index (χ1v) is 19.9. The summed E-state index contributed by atoms with van der Waals surface area (Å²) >= 11 is 15.1. The van der Waals surface area contributed by atoms with Crippen LogP contribution < -0.4 is 9.64 Å². The number of carbonyl (C=O) groups is 4. The van der Waals surface area contributed by atoms with E-state index < -0.39 is 35.0 Å². The number of imide groups is 2. The number of fused-ring (bicyclic) bond motifs is 5. The minimum Gasteiger partial charge on any atom is -0.503 e. The third kappa shape index (κ3) is 4.80. The summed E-state index contributed by atoms with van der Waals surface area (Å²) in [6.07, 6.45) is 3.23. The van der Waals surface area contributed by atoms with E-state index in [0.717, 1.165) is 26.1 Å². The van der Waals surface area contributed by atoms with Gasteiger partial charge in [0.05, 0.1) is 39.6 Å². The number of amides is 4. The van der Waals surface area contributed by atoms with E-state index in [1.165, 1.54) is 16.9 Å². The number of hydrogen-bond donors (Lipinski definition) is 1. The lowest BCUT2D eigenvalue weighted by molar-refractivity contribution is -0.140. The van der Waals surface area contributed by atoms with Crippen molar-refractivity contribution < 1.29 is 29.0 Å². The molecule has 2 aliphatic heterocycles. The number of carbonyl (C=O) groups excluding carboxylic acids is 4. The molecule has 8 rings (SSSR count). The lowest BCUT2D eigenvalue weighted by Crippen LogP contribution is -2.49.